The number of thiazole rings is 1. The van der Waals surface area contributed by atoms with Crippen LogP contribution in [0.2, 0.25) is 0 Å². The molecule has 0 radical (unpaired) electrons. The zero-order valence-corrected chi connectivity index (χ0v) is 17.1. The first-order valence-electron chi connectivity index (χ1n) is 8.34. The van der Waals surface area contributed by atoms with Gasteiger partial charge < -0.3 is 9.32 Å². The van der Waals surface area contributed by atoms with Gasteiger partial charge in [-0.25, -0.2) is 4.98 Å². The lowest BCUT2D eigenvalue weighted by Gasteiger charge is -2.33. The molecule has 0 atom stereocenters. The summed E-state index contributed by atoms with van der Waals surface area (Å²) in [4.78, 5) is 32.2. The minimum Gasteiger partial charge on any atom is -0.395 e. The Kier molecular flexibility index (Phi) is 6.45. The number of thiophene rings is 1. The second kappa shape index (κ2) is 8.82. The molecule has 0 spiro atoms. The summed E-state index contributed by atoms with van der Waals surface area (Å²) in [5.41, 5.74) is 1.01. The van der Waals surface area contributed by atoms with Crippen LogP contribution in [0.4, 0.5) is 5.88 Å². The Balaban J connectivity index is 0.00000225. The van der Waals surface area contributed by atoms with Crippen molar-refractivity contribution >= 4 is 46.9 Å². The number of hydrogen-bond donors (Lipinski definition) is 0. The Morgan fingerprint density at radius 2 is 2.00 bits per heavy atom. The molecule has 0 bridgehead atoms. The number of furan rings is 1. The first-order valence-corrected chi connectivity index (χ1v) is 10.1. The summed E-state index contributed by atoms with van der Waals surface area (Å²) in [6, 6.07) is 6.64. The van der Waals surface area contributed by atoms with Crippen molar-refractivity contribution in [3.63, 3.8) is 0 Å². The number of halogens is 1. The molecule has 4 rings (SSSR count). The van der Waals surface area contributed by atoms with Crippen LogP contribution < -0.4 is 0 Å². The molecule has 8 nitrogen and oxygen atoms in total. The number of nitrogens with zero attached hydrogens (tertiary/aromatic N) is 4. The van der Waals surface area contributed by atoms with E-state index in [1.807, 2.05) is 11.4 Å². The van der Waals surface area contributed by atoms with Crippen molar-refractivity contribution in [1.82, 2.24) is 14.8 Å². The predicted octanol–water partition coefficient (Wildman–Crippen LogP) is 3.75. The zero-order chi connectivity index (χ0) is 18.8. The third-order valence-electron chi connectivity index (χ3n) is 4.33. The zero-order valence-electron chi connectivity index (χ0n) is 14.6. The van der Waals surface area contributed by atoms with Crippen molar-refractivity contribution in [3.05, 3.63) is 55.9 Å². The average Bonchev–Trinajstić information content (AvgIpc) is 3.42. The second-order valence-corrected chi connectivity index (χ2v) is 7.96. The molecule has 0 saturated carbocycles. The summed E-state index contributed by atoms with van der Waals surface area (Å²) in [5, 5.41) is 15.9. The molecule has 148 valence electrons. The molecule has 1 amide bonds. The van der Waals surface area contributed by atoms with Crippen molar-refractivity contribution in [2.45, 2.75) is 6.54 Å². The first-order chi connectivity index (χ1) is 13.1. The number of hydrogen-bond acceptors (Lipinski definition) is 8. The van der Waals surface area contributed by atoms with E-state index in [2.05, 4.69) is 16.3 Å². The van der Waals surface area contributed by atoms with Gasteiger partial charge in [-0.05, 0) is 17.5 Å². The van der Waals surface area contributed by atoms with Gasteiger partial charge in [-0.3, -0.25) is 19.8 Å². The summed E-state index contributed by atoms with van der Waals surface area (Å²) in [6.07, 6.45) is 0. The van der Waals surface area contributed by atoms with E-state index in [-0.39, 0.29) is 24.1 Å². The van der Waals surface area contributed by atoms with Crippen molar-refractivity contribution in [2.24, 2.45) is 0 Å². The third kappa shape index (κ3) is 4.41. The van der Waals surface area contributed by atoms with E-state index in [9.17, 15) is 14.9 Å². The normalized spacial score (nSPS) is 14.6. The minimum atomic E-state index is -0.646. The maximum absolute atomic E-state index is 12.4. The molecule has 3 aromatic rings. The van der Waals surface area contributed by atoms with Gasteiger partial charge in [0.05, 0.1) is 23.2 Å². The van der Waals surface area contributed by atoms with Gasteiger partial charge >= 0.3 is 5.88 Å². The van der Waals surface area contributed by atoms with Gasteiger partial charge in [0.2, 0.25) is 0 Å². The standard InChI is InChI=1S/C17H16N4O4S2.ClH/c22-17(13-3-4-16(25-13)21(23)24)20-7-5-19(6-8-20)10-15-18-12(11-27-15)14-2-1-9-26-14;/h1-4,9,11H,5-8,10H2;1H. The fourth-order valence-electron chi connectivity index (χ4n) is 2.92. The summed E-state index contributed by atoms with van der Waals surface area (Å²) >= 11 is 3.32. The lowest BCUT2D eigenvalue weighted by Crippen LogP contribution is -2.48. The molecule has 11 heteroatoms. The van der Waals surface area contributed by atoms with Gasteiger partial charge in [-0.1, -0.05) is 6.07 Å². The fraction of sp³-hybridized carbons (Fsp3) is 0.294. The molecule has 1 fully saturated rings. The Morgan fingerprint density at radius 1 is 1.21 bits per heavy atom. The van der Waals surface area contributed by atoms with Gasteiger partial charge in [0.1, 0.15) is 9.93 Å². The monoisotopic (exact) mass is 440 g/mol. The lowest BCUT2D eigenvalue weighted by molar-refractivity contribution is -0.402. The molecule has 0 unspecified atom stereocenters. The minimum absolute atomic E-state index is 0. The molecular formula is C17H17ClN4O4S2. The van der Waals surface area contributed by atoms with Crippen molar-refractivity contribution < 1.29 is 14.1 Å². The van der Waals surface area contributed by atoms with Gasteiger partial charge in [-0.15, -0.1) is 35.1 Å². The molecule has 1 saturated heterocycles. The molecule has 0 aliphatic carbocycles. The molecule has 0 N–H and O–H groups in total. The lowest BCUT2D eigenvalue weighted by atomic mass is 10.3. The molecule has 3 aromatic heterocycles. The highest BCUT2D eigenvalue weighted by atomic mass is 35.5. The van der Waals surface area contributed by atoms with Gasteiger partial charge in [0, 0.05) is 31.6 Å². The molecule has 4 heterocycles. The van der Waals surface area contributed by atoms with E-state index in [0.717, 1.165) is 30.3 Å². The highest BCUT2D eigenvalue weighted by Crippen LogP contribution is 2.27. The number of aromatic nitrogens is 1. The first kappa shape index (κ1) is 20.5. The van der Waals surface area contributed by atoms with Crippen LogP contribution in [-0.2, 0) is 6.54 Å². The van der Waals surface area contributed by atoms with Crippen LogP contribution in [0.5, 0.6) is 0 Å². The number of rotatable bonds is 5. The average molecular weight is 441 g/mol. The number of piperazine rings is 1. The maximum atomic E-state index is 12.4. The highest BCUT2D eigenvalue weighted by molar-refractivity contribution is 7.14. The molecule has 0 aromatic carbocycles. The van der Waals surface area contributed by atoms with Crippen LogP contribution in [0.1, 0.15) is 15.6 Å². The molecule has 1 aliphatic heterocycles. The smallest absolute Gasteiger partial charge is 0.395 e. The van der Waals surface area contributed by atoms with Crippen molar-refractivity contribution in [2.75, 3.05) is 26.2 Å². The SMILES string of the molecule is Cl.O=C(c1ccc([N+](=O)[O-])o1)N1CCN(Cc2nc(-c3cccs3)cs2)CC1. The van der Waals surface area contributed by atoms with E-state index in [4.69, 9.17) is 9.40 Å². The van der Waals surface area contributed by atoms with Gasteiger partial charge in [-0.2, -0.15) is 0 Å². The largest absolute Gasteiger partial charge is 0.433 e. The van der Waals surface area contributed by atoms with Crippen LogP contribution in [0.25, 0.3) is 10.6 Å². The van der Waals surface area contributed by atoms with E-state index in [0.29, 0.717) is 13.1 Å². The second-order valence-electron chi connectivity index (χ2n) is 6.07. The maximum Gasteiger partial charge on any atom is 0.433 e. The molecule has 1 aliphatic rings. The topological polar surface area (TPSA) is 92.7 Å². The van der Waals surface area contributed by atoms with Gasteiger partial charge in [0.25, 0.3) is 5.91 Å². The predicted molar refractivity (Wildman–Crippen MR) is 109 cm³/mol. The van der Waals surface area contributed by atoms with Crippen LogP contribution in [-0.4, -0.2) is 51.8 Å². The number of carbonyl (C=O) groups excluding carboxylic acids is 1. The van der Waals surface area contributed by atoms with E-state index < -0.39 is 10.8 Å². The Hall–Kier alpha value is -2.27. The molecular weight excluding hydrogens is 424 g/mol. The van der Waals surface area contributed by atoms with Crippen molar-refractivity contribution in [3.8, 4) is 10.6 Å². The number of amides is 1. The molecule has 28 heavy (non-hydrogen) atoms. The van der Waals surface area contributed by atoms with E-state index >= 15 is 0 Å². The van der Waals surface area contributed by atoms with Crippen LogP contribution >= 0.6 is 35.1 Å². The Morgan fingerprint density at radius 3 is 2.64 bits per heavy atom. The Labute approximate surface area is 175 Å². The quantitative estimate of drug-likeness (QED) is 0.443. The van der Waals surface area contributed by atoms with Gasteiger partial charge in [0.15, 0.2) is 5.76 Å². The van der Waals surface area contributed by atoms with Crippen LogP contribution in [0.3, 0.4) is 0 Å². The fourth-order valence-corrected chi connectivity index (χ4v) is 4.51. The summed E-state index contributed by atoms with van der Waals surface area (Å²) in [5.74, 6) is -0.713. The highest BCUT2D eigenvalue weighted by Gasteiger charge is 2.26. The van der Waals surface area contributed by atoms with E-state index in [1.54, 1.807) is 27.6 Å². The summed E-state index contributed by atoms with van der Waals surface area (Å²) in [7, 11) is 0. The Bertz CT molecular complexity index is 948. The summed E-state index contributed by atoms with van der Waals surface area (Å²) in [6.45, 7) is 3.31. The number of nitro groups is 1. The van der Waals surface area contributed by atoms with E-state index in [1.165, 1.54) is 17.0 Å². The number of carbonyl (C=O) groups is 1. The summed E-state index contributed by atoms with van der Waals surface area (Å²) < 4.78 is 5.01. The third-order valence-corrected chi connectivity index (χ3v) is 6.05. The van der Waals surface area contributed by atoms with Crippen molar-refractivity contribution in [1.29, 1.82) is 0 Å². The van der Waals surface area contributed by atoms with Crippen LogP contribution in [0.15, 0.2) is 39.4 Å². The van der Waals surface area contributed by atoms with Crippen LogP contribution in [0, 0.1) is 10.1 Å².